The van der Waals surface area contributed by atoms with Crippen LogP contribution < -0.4 is 5.73 Å². The summed E-state index contributed by atoms with van der Waals surface area (Å²) in [7, 11) is 2.10. The van der Waals surface area contributed by atoms with Crippen LogP contribution in [0, 0.1) is 11.3 Å². The third-order valence-electron chi connectivity index (χ3n) is 3.50. The zero-order chi connectivity index (χ0) is 13.1. The number of nitrogens with zero attached hydrogens (tertiary/aromatic N) is 1. The van der Waals surface area contributed by atoms with Crippen LogP contribution in [0.3, 0.4) is 0 Å². The van der Waals surface area contributed by atoms with Gasteiger partial charge in [-0.25, -0.2) is 0 Å². The summed E-state index contributed by atoms with van der Waals surface area (Å²) in [4.78, 5) is 2.28. The second kappa shape index (κ2) is 5.50. The van der Waals surface area contributed by atoms with E-state index in [0.29, 0.717) is 5.92 Å². The van der Waals surface area contributed by atoms with Crippen LogP contribution in [0.2, 0.25) is 0 Å². The van der Waals surface area contributed by atoms with E-state index in [1.165, 1.54) is 5.56 Å². The molecule has 0 amide bonds. The quantitative estimate of drug-likeness (QED) is 0.540. The van der Waals surface area contributed by atoms with Gasteiger partial charge in [-0.05, 0) is 31.4 Å². The molecule has 0 radical (unpaired) electrons. The first-order chi connectivity index (χ1) is 8.54. The number of nitrogens with one attached hydrogen (secondary N) is 1. The lowest BCUT2D eigenvalue weighted by Gasteiger charge is -2.34. The molecule has 4 N–H and O–H groups in total. The van der Waals surface area contributed by atoms with Crippen molar-refractivity contribution in [2.45, 2.75) is 25.5 Å². The van der Waals surface area contributed by atoms with Gasteiger partial charge in [0.05, 0.1) is 6.10 Å². The van der Waals surface area contributed by atoms with Crippen molar-refractivity contribution in [1.29, 1.82) is 5.41 Å². The highest BCUT2D eigenvalue weighted by molar-refractivity contribution is 5.94. The van der Waals surface area contributed by atoms with E-state index in [1.54, 1.807) is 0 Å². The van der Waals surface area contributed by atoms with Crippen LogP contribution in [-0.4, -0.2) is 35.5 Å². The fourth-order valence-electron chi connectivity index (χ4n) is 2.46. The number of aliphatic hydroxyl groups excluding tert-OH is 1. The maximum atomic E-state index is 9.25. The molecular formula is C14H21N3O. The molecule has 18 heavy (non-hydrogen) atoms. The van der Waals surface area contributed by atoms with Crippen LogP contribution in [0.15, 0.2) is 24.3 Å². The van der Waals surface area contributed by atoms with Crippen molar-refractivity contribution in [3.63, 3.8) is 0 Å². The summed E-state index contributed by atoms with van der Waals surface area (Å²) in [5.74, 6) is 0.750. The van der Waals surface area contributed by atoms with Gasteiger partial charge in [0.25, 0.3) is 0 Å². The third kappa shape index (κ3) is 3.31. The Morgan fingerprint density at radius 2 is 2.00 bits per heavy atom. The monoisotopic (exact) mass is 247 g/mol. The number of benzene rings is 1. The van der Waals surface area contributed by atoms with Crippen LogP contribution in [0.25, 0.3) is 0 Å². The second-order valence-corrected chi connectivity index (χ2v) is 5.30. The average Bonchev–Trinajstić information content (AvgIpc) is 2.27. The van der Waals surface area contributed by atoms with Crippen molar-refractivity contribution in [3.05, 3.63) is 35.4 Å². The summed E-state index contributed by atoms with van der Waals surface area (Å²) in [5.41, 5.74) is 7.41. The Morgan fingerprint density at radius 3 is 2.50 bits per heavy atom. The van der Waals surface area contributed by atoms with Gasteiger partial charge in [-0.2, -0.15) is 0 Å². The van der Waals surface area contributed by atoms with Crippen molar-refractivity contribution >= 4 is 5.84 Å². The molecule has 1 aromatic carbocycles. The molecule has 0 heterocycles. The van der Waals surface area contributed by atoms with E-state index in [2.05, 4.69) is 11.9 Å². The predicted molar refractivity (Wildman–Crippen MR) is 72.5 cm³/mol. The predicted octanol–water partition coefficient (Wildman–Crippen LogP) is 1.17. The SMILES string of the molecule is CN(Cc1ccc(C(=N)N)cc1)CC1CC(O)C1. The minimum atomic E-state index is -0.0711. The van der Waals surface area contributed by atoms with Gasteiger partial charge in [0, 0.05) is 18.7 Å². The van der Waals surface area contributed by atoms with E-state index in [0.717, 1.165) is 31.5 Å². The largest absolute Gasteiger partial charge is 0.393 e. The summed E-state index contributed by atoms with van der Waals surface area (Å²) < 4.78 is 0. The highest BCUT2D eigenvalue weighted by Crippen LogP contribution is 2.27. The number of nitrogens with two attached hydrogens (primary N) is 1. The first-order valence-corrected chi connectivity index (χ1v) is 6.34. The van der Waals surface area contributed by atoms with Crippen molar-refractivity contribution in [2.24, 2.45) is 11.7 Å². The van der Waals surface area contributed by atoms with Gasteiger partial charge >= 0.3 is 0 Å². The van der Waals surface area contributed by atoms with Gasteiger partial charge < -0.3 is 15.7 Å². The summed E-state index contributed by atoms with van der Waals surface area (Å²) in [6.45, 7) is 1.93. The van der Waals surface area contributed by atoms with E-state index < -0.39 is 0 Å². The highest BCUT2D eigenvalue weighted by atomic mass is 16.3. The fraction of sp³-hybridized carbons (Fsp3) is 0.500. The first kappa shape index (κ1) is 13.1. The third-order valence-corrected chi connectivity index (χ3v) is 3.50. The number of aliphatic hydroxyl groups is 1. The maximum Gasteiger partial charge on any atom is 0.122 e. The zero-order valence-electron chi connectivity index (χ0n) is 10.8. The highest BCUT2D eigenvalue weighted by Gasteiger charge is 2.27. The standard InChI is InChI=1S/C14H21N3O/c1-17(9-11-6-13(18)7-11)8-10-2-4-12(5-3-10)14(15)16/h2-5,11,13,18H,6-9H2,1H3,(H3,15,16). The molecule has 2 rings (SSSR count). The number of amidine groups is 1. The number of nitrogen functional groups attached to an aromatic ring is 1. The van der Waals surface area contributed by atoms with Crippen LogP contribution in [0.5, 0.6) is 0 Å². The van der Waals surface area contributed by atoms with Gasteiger partial charge in [-0.3, -0.25) is 5.41 Å². The molecule has 1 aliphatic rings. The zero-order valence-corrected chi connectivity index (χ0v) is 10.8. The molecule has 0 bridgehead atoms. The van der Waals surface area contributed by atoms with E-state index in [1.807, 2.05) is 24.3 Å². The van der Waals surface area contributed by atoms with E-state index in [4.69, 9.17) is 11.1 Å². The first-order valence-electron chi connectivity index (χ1n) is 6.34. The van der Waals surface area contributed by atoms with Crippen molar-refractivity contribution in [2.75, 3.05) is 13.6 Å². The van der Waals surface area contributed by atoms with E-state index >= 15 is 0 Å². The van der Waals surface area contributed by atoms with Crippen molar-refractivity contribution in [3.8, 4) is 0 Å². The molecule has 1 aliphatic carbocycles. The molecule has 0 unspecified atom stereocenters. The Morgan fingerprint density at radius 1 is 1.39 bits per heavy atom. The summed E-state index contributed by atoms with van der Waals surface area (Å²) in [6.07, 6.45) is 1.81. The van der Waals surface area contributed by atoms with E-state index in [9.17, 15) is 5.11 Å². The van der Waals surface area contributed by atoms with Crippen LogP contribution >= 0.6 is 0 Å². The Labute approximate surface area is 108 Å². The van der Waals surface area contributed by atoms with Crippen molar-refractivity contribution in [1.82, 2.24) is 4.90 Å². The summed E-state index contributed by atoms with van der Waals surface area (Å²) in [5, 5.41) is 16.6. The number of hydrogen-bond acceptors (Lipinski definition) is 3. The lowest BCUT2D eigenvalue weighted by Crippen LogP contribution is -2.36. The van der Waals surface area contributed by atoms with Gasteiger partial charge in [0.1, 0.15) is 5.84 Å². The summed E-state index contributed by atoms with van der Waals surface area (Å²) >= 11 is 0. The molecule has 1 fully saturated rings. The molecule has 0 spiro atoms. The molecule has 0 aromatic heterocycles. The normalized spacial score (nSPS) is 22.8. The smallest absolute Gasteiger partial charge is 0.122 e. The minimum Gasteiger partial charge on any atom is -0.393 e. The molecule has 4 nitrogen and oxygen atoms in total. The van der Waals surface area contributed by atoms with E-state index in [-0.39, 0.29) is 11.9 Å². The lowest BCUT2D eigenvalue weighted by atomic mass is 9.82. The molecule has 0 aliphatic heterocycles. The molecule has 1 saturated carbocycles. The molecular weight excluding hydrogens is 226 g/mol. The molecule has 0 atom stereocenters. The molecule has 0 saturated heterocycles. The topological polar surface area (TPSA) is 73.3 Å². The van der Waals surface area contributed by atoms with Crippen LogP contribution in [0.1, 0.15) is 24.0 Å². The van der Waals surface area contributed by atoms with Gasteiger partial charge in [-0.1, -0.05) is 24.3 Å². The van der Waals surface area contributed by atoms with Crippen molar-refractivity contribution < 1.29 is 5.11 Å². The van der Waals surface area contributed by atoms with Crippen LogP contribution in [0.4, 0.5) is 0 Å². The molecule has 4 heteroatoms. The Hall–Kier alpha value is -1.39. The lowest BCUT2D eigenvalue weighted by molar-refractivity contribution is 0.0274. The van der Waals surface area contributed by atoms with Crippen LogP contribution in [-0.2, 0) is 6.54 Å². The minimum absolute atomic E-state index is 0.0711. The Balaban J connectivity index is 1.83. The summed E-state index contributed by atoms with van der Waals surface area (Å²) in [6, 6.07) is 7.81. The van der Waals surface area contributed by atoms with Gasteiger partial charge in [0.2, 0.25) is 0 Å². The van der Waals surface area contributed by atoms with Gasteiger partial charge in [-0.15, -0.1) is 0 Å². The average molecular weight is 247 g/mol. The number of hydrogen-bond donors (Lipinski definition) is 3. The second-order valence-electron chi connectivity index (χ2n) is 5.30. The Kier molecular flexibility index (Phi) is 3.99. The number of rotatable bonds is 5. The van der Waals surface area contributed by atoms with Gasteiger partial charge in [0.15, 0.2) is 0 Å². The molecule has 1 aromatic rings. The molecule has 98 valence electrons. The fourth-order valence-corrected chi connectivity index (χ4v) is 2.46. The maximum absolute atomic E-state index is 9.25. The Bertz CT molecular complexity index is 410.